The summed E-state index contributed by atoms with van der Waals surface area (Å²) in [4.78, 5) is 10.7. The molecule has 0 saturated carbocycles. The van der Waals surface area contributed by atoms with Crippen LogP contribution in [0.25, 0.3) is 0 Å². The van der Waals surface area contributed by atoms with Crippen LogP contribution in [0, 0.1) is 11.6 Å². The van der Waals surface area contributed by atoms with E-state index < -0.39 is 34.0 Å². The third kappa shape index (κ3) is 5.03. The van der Waals surface area contributed by atoms with Crippen molar-refractivity contribution in [2.45, 2.75) is 9.79 Å². The van der Waals surface area contributed by atoms with Crippen molar-refractivity contribution in [2.24, 2.45) is 0 Å². The molecule has 0 fully saturated rings. The first kappa shape index (κ1) is 20.3. The number of carbonyl (C=O) groups is 1. The Morgan fingerprint density at radius 2 is 1.77 bits per heavy atom. The highest BCUT2D eigenvalue weighted by molar-refractivity contribution is 7.99. The average Bonchev–Trinajstić information content (AvgIpc) is 2.61. The van der Waals surface area contributed by atoms with Gasteiger partial charge in [-0.15, -0.1) is 11.8 Å². The Bertz CT molecular complexity index is 837. The van der Waals surface area contributed by atoms with E-state index in [1.807, 2.05) is 0 Å². The Morgan fingerprint density at radius 3 is 2.35 bits per heavy atom. The number of thioether (sulfide) groups is 1. The fourth-order valence-corrected chi connectivity index (χ4v) is 4.34. The number of halogens is 2. The molecule has 0 aliphatic rings. The molecule has 0 unspecified atom stereocenters. The minimum Gasteiger partial charge on any atom is -0.480 e. The second kappa shape index (κ2) is 9.11. The third-order valence-corrected chi connectivity index (χ3v) is 6.22. The Kier molecular flexibility index (Phi) is 7.13. The van der Waals surface area contributed by atoms with Gasteiger partial charge >= 0.3 is 0 Å². The molecule has 0 aliphatic heterocycles. The lowest BCUT2D eigenvalue weighted by Crippen LogP contribution is -2.29. The Balaban J connectivity index is 1.98. The van der Waals surface area contributed by atoms with Crippen molar-refractivity contribution in [3.63, 3.8) is 0 Å². The largest absolute Gasteiger partial charge is 0.480 e. The van der Waals surface area contributed by atoms with Crippen LogP contribution in [0.3, 0.4) is 0 Å². The van der Waals surface area contributed by atoms with Crippen LogP contribution in [0.1, 0.15) is 0 Å². The van der Waals surface area contributed by atoms with Crippen LogP contribution >= 0.6 is 11.8 Å². The van der Waals surface area contributed by atoms with E-state index in [1.165, 1.54) is 23.5 Å². The van der Waals surface area contributed by atoms with Gasteiger partial charge in [0.15, 0.2) is 23.7 Å². The molecule has 2 rings (SSSR count). The van der Waals surface area contributed by atoms with Crippen LogP contribution in [-0.2, 0) is 14.8 Å². The molecule has 0 aliphatic carbocycles. The number of rotatable bonds is 9. The molecule has 5 nitrogen and oxygen atoms in total. The maximum absolute atomic E-state index is 13.8. The monoisotopic (exact) mass is 401 g/mol. The van der Waals surface area contributed by atoms with Gasteiger partial charge in [0.1, 0.15) is 6.61 Å². The normalized spacial score (nSPS) is 11.5. The fraction of sp³-hybridized carbons (Fsp3) is 0.235. The molecule has 140 valence electrons. The molecule has 0 amide bonds. The molecule has 2 aromatic carbocycles. The smallest absolute Gasteiger partial charge is 0.242 e. The predicted molar refractivity (Wildman–Crippen MR) is 94.9 cm³/mol. The van der Waals surface area contributed by atoms with Crippen molar-refractivity contribution in [1.29, 1.82) is 0 Å². The third-order valence-electron chi connectivity index (χ3n) is 3.39. The zero-order valence-electron chi connectivity index (χ0n) is 13.9. The first-order valence-corrected chi connectivity index (χ1v) is 9.98. The minimum absolute atomic E-state index is 0.161. The van der Waals surface area contributed by atoms with Crippen molar-refractivity contribution < 1.29 is 26.7 Å². The van der Waals surface area contributed by atoms with Gasteiger partial charge in [-0.05, 0) is 24.3 Å². The van der Waals surface area contributed by atoms with Gasteiger partial charge in [-0.25, -0.2) is 21.5 Å². The molecule has 0 heterocycles. The quantitative estimate of drug-likeness (QED) is 0.478. The molecule has 0 spiro atoms. The number of hydrogen-bond donors (Lipinski definition) is 0. The first-order valence-electron chi connectivity index (χ1n) is 7.56. The second-order valence-electron chi connectivity index (χ2n) is 5.18. The maximum atomic E-state index is 13.8. The number of aldehydes is 1. The predicted octanol–water partition coefficient (Wildman–Crippen LogP) is 2.96. The zero-order valence-corrected chi connectivity index (χ0v) is 15.5. The van der Waals surface area contributed by atoms with Crippen LogP contribution in [0.15, 0.2) is 52.3 Å². The van der Waals surface area contributed by atoms with Crippen molar-refractivity contribution in [3.8, 4) is 5.75 Å². The fourth-order valence-electron chi connectivity index (χ4n) is 2.06. The summed E-state index contributed by atoms with van der Waals surface area (Å²) in [5, 5.41) is 0. The van der Waals surface area contributed by atoms with Gasteiger partial charge in [-0.2, -0.15) is 0 Å². The van der Waals surface area contributed by atoms with Gasteiger partial charge in [0.25, 0.3) is 0 Å². The number of benzene rings is 2. The van der Waals surface area contributed by atoms with E-state index in [0.29, 0.717) is 16.9 Å². The van der Waals surface area contributed by atoms with Crippen molar-refractivity contribution in [2.75, 3.05) is 26.0 Å². The lowest BCUT2D eigenvalue weighted by atomic mass is 10.3. The van der Waals surface area contributed by atoms with Crippen LogP contribution in [0.4, 0.5) is 8.78 Å². The van der Waals surface area contributed by atoms with E-state index in [1.54, 1.807) is 18.2 Å². The van der Waals surface area contributed by atoms with Crippen molar-refractivity contribution in [1.82, 2.24) is 4.31 Å². The van der Waals surface area contributed by atoms with E-state index >= 15 is 0 Å². The molecule has 9 heteroatoms. The summed E-state index contributed by atoms with van der Waals surface area (Å²) < 4.78 is 58.3. The van der Waals surface area contributed by atoms with Crippen molar-refractivity contribution in [3.05, 3.63) is 54.1 Å². The van der Waals surface area contributed by atoms with Gasteiger partial charge in [0.2, 0.25) is 10.0 Å². The molecular formula is C17H17F2NO4S2. The molecule has 26 heavy (non-hydrogen) atoms. The number of hydrogen-bond acceptors (Lipinski definition) is 5. The van der Waals surface area contributed by atoms with Crippen LogP contribution in [-0.4, -0.2) is 45.0 Å². The van der Waals surface area contributed by atoms with Gasteiger partial charge in [-0.3, -0.25) is 4.79 Å². The standard InChI is InChI=1S/C17H17F2NO4S2/c1-20(26(22,23)14-5-3-2-4-6-14)7-10-25-13-11-15(18)17(16(19)12-13)24-9-8-21/h2-6,8,11-12H,7,9-10H2,1H3. The van der Waals surface area contributed by atoms with Gasteiger partial charge in [0.05, 0.1) is 4.90 Å². The Hall–Kier alpha value is -1.97. The number of sulfonamides is 1. The zero-order chi connectivity index (χ0) is 19.2. The number of nitrogens with zero attached hydrogens (tertiary/aromatic N) is 1. The lowest BCUT2D eigenvalue weighted by Gasteiger charge is -2.17. The molecular weight excluding hydrogens is 384 g/mol. The van der Waals surface area contributed by atoms with Crippen LogP contribution in [0.5, 0.6) is 5.75 Å². The first-order chi connectivity index (χ1) is 12.4. The summed E-state index contributed by atoms with van der Waals surface area (Å²) in [7, 11) is -2.16. The van der Waals surface area contributed by atoms with Crippen LogP contribution in [0.2, 0.25) is 0 Å². The molecule has 0 atom stereocenters. The highest BCUT2D eigenvalue weighted by Gasteiger charge is 2.20. The molecule has 0 aromatic heterocycles. The highest BCUT2D eigenvalue weighted by Crippen LogP contribution is 2.28. The molecule has 0 bridgehead atoms. The molecule has 0 N–H and O–H groups in total. The molecule has 0 saturated heterocycles. The van der Waals surface area contributed by atoms with Gasteiger partial charge in [0, 0.05) is 24.2 Å². The van der Waals surface area contributed by atoms with Crippen molar-refractivity contribution >= 4 is 28.1 Å². The van der Waals surface area contributed by atoms with E-state index in [4.69, 9.17) is 4.74 Å². The summed E-state index contributed by atoms with van der Waals surface area (Å²) in [6.45, 7) is -0.281. The van der Waals surface area contributed by atoms with Crippen LogP contribution < -0.4 is 4.74 Å². The highest BCUT2D eigenvalue weighted by atomic mass is 32.2. The van der Waals surface area contributed by atoms with E-state index in [0.717, 1.165) is 23.9 Å². The molecule has 0 radical (unpaired) electrons. The Morgan fingerprint density at radius 1 is 1.15 bits per heavy atom. The Labute approximate surface area is 155 Å². The summed E-state index contributed by atoms with van der Waals surface area (Å²) in [6, 6.07) is 10.2. The summed E-state index contributed by atoms with van der Waals surface area (Å²) in [5.41, 5.74) is 0. The van der Waals surface area contributed by atoms with E-state index in [-0.39, 0.29) is 11.4 Å². The number of carbonyl (C=O) groups excluding carboxylic acids is 1. The second-order valence-corrected chi connectivity index (χ2v) is 8.40. The van der Waals surface area contributed by atoms with E-state index in [9.17, 15) is 22.0 Å². The maximum Gasteiger partial charge on any atom is 0.242 e. The van der Waals surface area contributed by atoms with E-state index in [2.05, 4.69) is 0 Å². The van der Waals surface area contributed by atoms with Gasteiger partial charge < -0.3 is 4.74 Å². The molecule has 2 aromatic rings. The summed E-state index contributed by atoms with van der Waals surface area (Å²) in [6.07, 6.45) is 0.393. The lowest BCUT2D eigenvalue weighted by molar-refractivity contribution is -0.109. The SMILES string of the molecule is CN(CCSc1cc(F)c(OCC=O)c(F)c1)S(=O)(=O)c1ccccc1. The summed E-state index contributed by atoms with van der Waals surface area (Å²) >= 11 is 1.11. The van der Waals surface area contributed by atoms with Gasteiger partial charge in [-0.1, -0.05) is 18.2 Å². The number of ether oxygens (including phenoxy) is 1. The summed E-state index contributed by atoms with van der Waals surface area (Å²) in [5.74, 6) is -2.14. The minimum atomic E-state index is -3.61. The average molecular weight is 401 g/mol. The topological polar surface area (TPSA) is 63.7 Å².